The molecule has 0 aromatic heterocycles. The molecule has 0 unspecified atom stereocenters. The topological polar surface area (TPSA) is 20.3 Å². The van der Waals surface area contributed by atoms with Crippen LogP contribution in [0.5, 0.6) is 0 Å². The summed E-state index contributed by atoms with van der Waals surface area (Å²) in [7, 11) is 1.83. The van der Waals surface area contributed by atoms with Gasteiger partial charge in [0, 0.05) is 14.0 Å². The molecule has 0 atom stereocenters. The summed E-state index contributed by atoms with van der Waals surface area (Å²) in [5, 5.41) is 0. The minimum Gasteiger partial charge on any atom is -0.337 e. The summed E-state index contributed by atoms with van der Waals surface area (Å²) in [5.74, 6) is 0.0823. The summed E-state index contributed by atoms with van der Waals surface area (Å²) in [5.41, 5.74) is 0.908. The van der Waals surface area contributed by atoms with Crippen LogP contribution in [0.25, 0.3) is 0 Å². The molecule has 0 heterocycles. The fourth-order valence-corrected chi connectivity index (χ4v) is 1.43. The molecule has 1 rings (SSSR count). The molecule has 0 aliphatic heterocycles. The van der Waals surface area contributed by atoms with Crippen molar-refractivity contribution in [3.8, 4) is 0 Å². The largest absolute Gasteiger partial charge is 0.337 e. The maximum absolute atomic E-state index is 11.3. The predicted molar refractivity (Wildman–Crippen MR) is 57.9 cm³/mol. The Morgan fingerprint density at radius 2 is 1.71 bits per heavy atom. The number of hydrogen-bond acceptors (Lipinski definition) is 1. The molecule has 0 radical (unpaired) electrons. The van der Waals surface area contributed by atoms with Crippen molar-refractivity contribution in [3.05, 3.63) is 35.9 Å². The number of nitrogens with zero attached hydrogens (tertiary/aromatic N) is 1. The third-order valence-electron chi connectivity index (χ3n) is 2.79. The molecular formula is C12H17NO. The minimum absolute atomic E-state index is 0.0823. The lowest BCUT2D eigenvalue weighted by Gasteiger charge is -2.35. The van der Waals surface area contributed by atoms with Crippen LogP contribution in [-0.2, 0) is 10.3 Å². The molecule has 0 spiro atoms. The first-order valence-electron chi connectivity index (χ1n) is 4.76. The number of carbonyl (C=O) groups is 1. The molecule has 1 aromatic carbocycles. The van der Waals surface area contributed by atoms with E-state index in [1.807, 2.05) is 51.2 Å². The lowest BCUT2D eigenvalue weighted by atomic mass is 9.93. The van der Waals surface area contributed by atoms with Crippen molar-refractivity contribution >= 4 is 5.91 Å². The van der Waals surface area contributed by atoms with Crippen LogP contribution in [0.3, 0.4) is 0 Å². The zero-order valence-corrected chi connectivity index (χ0v) is 9.24. The molecule has 2 nitrogen and oxygen atoms in total. The van der Waals surface area contributed by atoms with Crippen LogP contribution in [-0.4, -0.2) is 17.9 Å². The standard InChI is InChI=1S/C12H17NO/c1-10(14)13(4)12(2,3)11-8-6-5-7-9-11/h5-9H,1-4H3. The fourth-order valence-electron chi connectivity index (χ4n) is 1.43. The van der Waals surface area contributed by atoms with Crippen molar-refractivity contribution in [1.82, 2.24) is 4.90 Å². The molecule has 0 aliphatic rings. The zero-order chi connectivity index (χ0) is 10.8. The lowest BCUT2D eigenvalue weighted by Crippen LogP contribution is -2.41. The third-order valence-corrected chi connectivity index (χ3v) is 2.79. The second-order valence-electron chi connectivity index (χ2n) is 4.00. The van der Waals surface area contributed by atoms with Gasteiger partial charge in [-0.15, -0.1) is 0 Å². The Labute approximate surface area is 85.5 Å². The second-order valence-corrected chi connectivity index (χ2v) is 4.00. The van der Waals surface area contributed by atoms with Crippen molar-refractivity contribution in [2.45, 2.75) is 26.3 Å². The number of benzene rings is 1. The number of amides is 1. The molecule has 76 valence electrons. The Balaban J connectivity index is 3.02. The van der Waals surface area contributed by atoms with Gasteiger partial charge in [0.15, 0.2) is 0 Å². The fraction of sp³-hybridized carbons (Fsp3) is 0.417. The SMILES string of the molecule is CC(=O)N(C)C(C)(C)c1ccccc1. The van der Waals surface area contributed by atoms with Crippen LogP contribution >= 0.6 is 0 Å². The number of hydrogen-bond donors (Lipinski definition) is 0. The smallest absolute Gasteiger partial charge is 0.219 e. The Hall–Kier alpha value is -1.31. The summed E-state index contributed by atoms with van der Waals surface area (Å²) in [6, 6.07) is 10.0. The molecule has 0 bridgehead atoms. The van der Waals surface area contributed by atoms with Gasteiger partial charge in [0.2, 0.25) is 5.91 Å². The van der Waals surface area contributed by atoms with Crippen molar-refractivity contribution < 1.29 is 4.79 Å². The zero-order valence-electron chi connectivity index (χ0n) is 9.24. The molecule has 0 N–H and O–H groups in total. The monoisotopic (exact) mass is 191 g/mol. The summed E-state index contributed by atoms with van der Waals surface area (Å²) >= 11 is 0. The quantitative estimate of drug-likeness (QED) is 0.703. The number of rotatable bonds is 2. The highest BCUT2D eigenvalue weighted by atomic mass is 16.2. The van der Waals surface area contributed by atoms with Gasteiger partial charge in [-0.1, -0.05) is 30.3 Å². The Morgan fingerprint density at radius 3 is 2.14 bits per heavy atom. The maximum atomic E-state index is 11.3. The second kappa shape index (κ2) is 3.82. The van der Waals surface area contributed by atoms with Gasteiger partial charge < -0.3 is 4.90 Å². The molecule has 1 amide bonds. The van der Waals surface area contributed by atoms with Gasteiger partial charge in [0.05, 0.1) is 5.54 Å². The maximum Gasteiger partial charge on any atom is 0.219 e. The van der Waals surface area contributed by atoms with E-state index >= 15 is 0 Å². The van der Waals surface area contributed by atoms with Gasteiger partial charge in [-0.25, -0.2) is 0 Å². The van der Waals surface area contributed by atoms with Crippen molar-refractivity contribution in [2.24, 2.45) is 0 Å². The molecule has 0 saturated heterocycles. The van der Waals surface area contributed by atoms with E-state index in [1.54, 1.807) is 11.8 Å². The van der Waals surface area contributed by atoms with Crippen molar-refractivity contribution in [3.63, 3.8) is 0 Å². The first-order valence-corrected chi connectivity index (χ1v) is 4.76. The molecule has 0 saturated carbocycles. The summed E-state index contributed by atoms with van der Waals surface area (Å²) < 4.78 is 0. The van der Waals surface area contributed by atoms with E-state index in [-0.39, 0.29) is 11.4 Å². The van der Waals surface area contributed by atoms with E-state index in [1.165, 1.54) is 0 Å². The normalized spacial score (nSPS) is 11.1. The van der Waals surface area contributed by atoms with Crippen molar-refractivity contribution in [2.75, 3.05) is 7.05 Å². The van der Waals surface area contributed by atoms with Crippen LogP contribution in [0.4, 0.5) is 0 Å². The molecular weight excluding hydrogens is 174 g/mol. The molecule has 0 aliphatic carbocycles. The van der Waals surface area contributed by atoms with Gasteiger partial charge >= 0.3 is 0 Å². The van der Waals surface area contributed by atoms with Gasteiger partial charge in [0.1, 0.15) is 0 Å². The highest BCUT2D eigenvalue weighted by Gasteiger charge is 2.26. The van der Waals surface area contributed by atoms with Crippen LogP contribution in [0.15, 0.2) is 30.3 Å². The first kappa shape index (κ1) is 10.8. The van der Waals surface area contributed by atoms with Crippen LogP contribution in [0, 0.1) is 0 Å². The summed E-state index contributed by atoms with van der Waals surface area (Å²) in [6.45, 7) is 5.68. The average molecular weight is 191 g/mol. The van der Waals surface area contributed by atoms with E-state index in [9.17, 15) is 4.79 Å². The molecule has 0 fully saturated rings. The van der Waals surface area contributed by atoms with Crippen LogP contribution in [0.2, 0.25) is 0 Å². The van der Waals surface area contributed by atoms with E-state index < -0.39 is 0 Å². The number of carbonyl (C=O) groups excluding carboxylic acids is 1. The lowest BCUT2D eigenvalue weighted by molar-refractivity contribution is -0.132. The van der Waals surface area contributed by atoms with E-state index in [0.29, 0.717) is 0 Å². The predicted octanol–water partition coefficient (Wildman–Crippen LogP) is 2.40. The average Bonchev–Trinajstić information content (AvgIpc) is 2.18. The van der Waals surface area contributed by atoms with Gasteiger partial charge in [0.25, 0.3) is 0 Å². The highest BCUT2D eigenvalue weighted by molar-refractivity contribution is 5.74. The Bertz CT molecular complexity index is 316. The van der Waals surface area contributed by atoms with E-state index in [0.717, 1.165) is 5.56 Å². The molecule has 1 aromatic rings. The summed E-state index contributed by atoms with van der Waals surface area (Å²) in [4.78, 5) is 13.0. The van der Waals surface area contributed by atoms with Crippen LogP contribution < -0.4 is 0 Å². The minimum atomic E-state index is -0.243. The Kier molecular flexibility index (Phi) is 2.94. The van der Waals surface area contributed by atoms with E-state index in [4.69, 9.17) is 0 Å². The highest BCUT2D eigenvalue weighted by Crippen LogP contribution is 2.25. The Morgan fingerprint density at radius 1 is 1.21 bits per heavy atom. The van der Waals surface area contributed by atoms with E-state index in [2.05, 4.69) is 0 Å². The first-order chi connectivity index (χ1) is 6.46. The van der Waals surface area contributed by atoms with Crippen LogP contribution in [0.1, 0.15) is 26.3 Å². The molecule has 2 heteroatoms. The molecule has 14 heavy (non-hydrogen) atoms. The van der Waals surface area contributed by atoms with Gasteiger partial charge in [-0.3, -0.25) is 4.79 Å². The summed E-state index contributed by atoms with van der Waals surface area (Å²) in [6.07, 6.45) is 0. The van der Waals surface area contributed by atoms with Gasteiger partial charge in [-0.05, 0) is 19.4 Å². The van der Waals surface area contributed by atoms with Gasteiger partial charge in [-0.2, -0.15) is 0 Å². The van der Waals surface area contributed by atoms with Crippen molar-refractivity contribution in [1.29, 1.82) is 0 Å². The third kappa shape index (κ3) is 1.95.